The van der Waals surface area contributed by atoms with E-state index in [4.69, 9.17) is 0 Å². The van der Waals surface area contributed by atoms with Gasteiger partial charge in [-0.2, -0.15) is 12.6 Å². The van der Waals surface area contributed by atoms with Crippen molar-refractivity contribution in [3.8, 4) is 0 Å². The third kappa shape index (κ3) is 3.03. The summed E-state index contributed by atoms with van der Waals surface area (Å²) >= 11 is 4.15. The van der Waals surface area contributed by atoms with Gasteiger partial charge in [-0.05, 0) is 17.7 Å². The molecule has 86 valence electrons. The molecule has 2 nitrogen and oxygen atoms in total. The van der Waals surface area contributed by atoms with Gasteiger partial charge in [0.05, 0.1) is 0 Å². The second-order valence-corrected chi connectivity index (χ2v) is 4.28. The van der Waals surface area contributed by atoms with E-state index in [2.05, 4.69) is 59.3 Å². The maximum atomic E-state index is 4.15. The Hall–Kier alpha value is -0.930. The van der Waals surface area contributed by atoms with Crippen LogP contribution >= 0.6 is 12.6 Å². The number of thiol groups is 1. The lowest BCUT2D eigenvalue weighted by Crippen LogP contribution is -2.43. The third-order valence-corrected chi connectivity index (χ3v) is 3.00. The Morgan fingerprint density at radius 2 is 1.88 bits per heavy atom. The smallest absolute Gasteiger partial charge is 0.0367 e. The van der Waals surface area contributed by atoms with Gasteiger partial charge in [-0.15, -0.1) is 0 Å². The van der Waals surface area contributed by atoms with Crippen molar-refractivity contribution in [1.82, 2.24) is 5.32 Å². The largest absolute Gasteiger partial charge is 0.369 e. The minimum Gasteiger partial charge on any atom is -0.369 e. The molecule has 1 fully saturated rings. The molecule has 1 aliphatic rings. The number of piperazine rings is 1. The Labute approximate surface area is 103 Å². The van der Waals surface area contributed by atoms with E-state index in [1.165, 1.54) is 11.3 Å². The van der Waals surface area contributed by atoms with E-state index < -0.39 is 0 Å². The summed E-state index contributed by atoms with van der Waals surface area (Å²) in [5, 5.41) is 3.36. The molecular formula is C13H18N2S. The first-order valence-corrected chi connectivity index (χ1v) is 6.36. The molecule has 1 saturated heterocycles. The molecule has 16 heavy (non-hydrogen) atoms. The summed E-state index contributed by atoms with van der Waals surface area (Å²) in [7, 11) is 0. The van der Waals surface area contributed by atoms with Gasteiger partial charge < -0.3 is 10.2 Å². The molecule has 1 heterocycles. The van der Waals surface area contributed by atoms with Crippen LogP contribution in [0.1, 0.15) is 5.56 Å². The Bertz CT molecular complexity index is 339. The van der Waals surface area contributed by atoms with Crippen LogP contribution in [0.2, 0.25) is 0 Å². The molecular weight excluding hydrogens is 216 g/mol. The molecule has 0 aliphatic carbocycles. The van der Waals surface area contributed by atoms with Crippen LogP contribution in [0.15, 0.2) is 30.3 Å². The van der Waals surface area contributed by atoms with Crippen LogP contribution in [0.3, 0.4) is 0 Å². The summed E-state index contributed by atoms with van der Waals surface area (Å²) in [6.07, 6.45) is 4.16. The highest BCUT2D eigenvalue weighted by atomic mass is 32.1. The first-order chi connectivity index (χ1) is 7.90. The molecule has 0 atom stereocenters. The van der Waals surface area contributed by atoms with Crippen LogP contribution < -0.4 is 10.2 Å². The molecule has 0 spiro atoms. The van der Waals surface area contributed by atoms with Crippen LogP contribution in [0.5, 0.6) is 0 Å². The van der Waals surface area contributed by atoms with Crippen LogP contribution in [0.4, 0.5) is 5.69 Å². The van der Waals surface area contributed by atoms with Gasteiger partial charge in [0.2, 0.25) is 0 Å². The van der Waals surface area contributed by atoms with Gasteiger partial charge in [0.25, 0.3) is 0 Å². The molecule has 1 aromatic rings. The summed E-state index contributed by atoms with van der Waals surface area (Å²) in [5.41, 5.74) is 2.57. The fourth-order valence-corrected chi connectivity index (χ4v) is 2.01. The highest BCUT2D eigenvalue weighted by Crippen LogP contribution is 2.16. The number of rotatable bonds is 3. The quantitative estimate of drug-likeness (QED) is 0.778. The number of nitrogens with zero attached hydrogens (tertiary/aromatic N) is 1. The van der Waals surface area contributed by atoms with Crippen molar-refractivity contribution in [3.05, 3.63) is 35.9 Å². The van der Waals surface area contributed by atoms with Crippen molar-refractivity contribution < 1.29 is 0 Å². The lowest BCUT2D eigenvalue weighted by atomic mass is 10.1. The minimum absolute atomic E-state index is 0.791. The Morgan fingerprint density at radius 1 is 1.19 bits per heavy atom. The predicted molar refractivity (Wildman–Crippen MR) is 74.4 cm³/mol. The minimum atomic E-state index is 0.791. The topological polar surface area (TPSA) is 15.3 Å². The Kier molecular flexibility index (Phi) is 4.31. The zero-order valence-electron chi connectivity index (χ0n) is 9.39. The highest BCUT2D eigenvalue weighted by Gasteiger charge is 2.09. The molecule has 0 unspecified atom stereocenters. The molecule has 3 heteroatoms. The summed E-state index contributed by atoms with van der Waals surface area (Å²) in [4.78, 5) is 2.42. The monoisotopic (exact) mass is 234 g/mol. The van der Waals surface area contributed by atoms with Crippen molar-refractivity contribution in [2.24, 2.45) is 0 Å². The van der Waals surface area contributed by atoms with Crippen LogP contribution in [-0.2, 0) is 0 Å². The van der Waals surface area contributed by atoms with Gasteiger partial charge in [-0.25, -0.2) is 0 Å². The van der Waals surface area contributed by atoms with Crippen molar-refractivity contribution in [1.29, 1.82) is 0 Å². The lowest BCUT2D eigenvalue weighted by Gasteiger charge is -2.29. The zero-order chi connectivity index (χ0) is 11.2. The van der Waals surface area contributed by atoms with Gasteiger partial charge in [0.1, 0.15) is 0 Å². The van der Waals surface area contributed by atoms with E-state index in [1.807, 2.05) is 0 Å². The molecule has 0 radical (unpaired) electrons. The molecule has 0 aromatic heterocycles. The van der Waals surface area contributed by atoms with Gasteiger partial charge >= 0.3 is 0 Å². The molecule has 1 N–H and O–H groups in total. The fourth-order valence-electron chi connectivity index (χ4n) is 1.91. The second-order valence-electron chi connectivity index (χ2n) is 3.91. The predicted octanol–water partition coefficient (Wildman–Crippen LogP) is 2.04. The first-order valence-electron chi connectivity index (χ1n) is 5.73. The average Bonchev–Trinajstić information content (AvgIpc) is 2.38. The van der Waals surface area contributed by atoms with Gasteiger partial charge in [0.15, 0.2) is 0 Å². The number of nitrogens with one attached hydrogen (secondary N) is 1. The Morgan fingerprint density at radius 3 is 2.50 bits per heavy atom. The van der Waals surface area contributed by atoms with E-state index in [0.29, 0.717) is 0 Å². The Balaban J connectivity index is 2.03. The number of hydrogen-bond donors (Lipinski definition) is 2. The van der Waals surface area contributed by atoms with E-state index in [9.17, 15) is 0 Å². The molecule has 1 aliphatic heterocycles. The van der Waals surface area contributed by atoms with E-state index >= 15 is 0 Å². The van der Waals surface area contributed by atoms with Gasteiger partial charge in [-0.3, -0.25) is 0 Å². The van der Waals surface area contributed by atoms with Crippen LogP contribution in [0, 0.1) is 0 Å². The molecule has 0 saturated carbocycles. The maximum Gasteiger partial charge on any atom is 0.0367 e. The number of hydrogen-bond acceptors (Lipinski definition) is 3. The fraction of sp³-hybridized carbons (Fsp3) is 0.385. The number of benzene rings is 1. The van der Waals surface area contributed by atoms with Crippen molar-refractivity contribution >= 4 is 24.4 Å². The highest BCUT2D eigenvalue weighted by molar-refractivity contribution is 7.80. The molecule has 1 aromatic carbocycles. The van der Waals surface area contributed by atoms with Crippen LogP contribution in [0.25, 0.3) is 6.08 Å². The average molecular weight is 234 g/mol. The summed E-state index contributed by atoms with van der Waals surface area (Å²) < 4.78 is 0. The standard InChI is InChI=1S/C13H18N2S/c16-11-1-2-12-3-5-13(6-4-12)15-9-7-14-8-10-15/h1-6,14,16H,7-11H2. The maximum absolute atomic E-state index is 4.15. The van der Waals surface area contributed by atoms with E-state index in [0.717, 1.165) is 31.9 Å². The van der Waals surface area contributed by atoms with Crippen molar-refractivity contribution in [3.63, 3.8) is 0 Å². The number of anilines is 1. The van der Waals surface area contributed by atoms with Crippen molar-refractivity contribution in [2.45, 2.75) is 0 Å². The molecule has 0 amide bonds. The van der Waals surface area contributed by atoms with Gasteiger partial charge in [0, 0.05) is 37.6 Å². The second kappa shape index (κ2) is 5.97. The molecule has 0 bridgehead atoms. The normalized spacial score (nSPS) is 16.9. The molecule has 2 rings (SSSR count). The van der Waals surface area contributed by atoms with Gasteiger partial charge in [-0.1, -0.05) is 24.3 Å². The summed E-state index contributed by atoms with van der Waals surface area (Å²) in [5.74, 6) is 0.791. The summed E-state index contributed by atoms with van der Waals surface area (Å²) in [6, 6.07) is 8.72. The first kappa shape index (κ1) is 11.6. The zero-order valence-corrected chi connectivity index (χ0v) is 10.3. The van der Waals surface area contributed by atoms with Crippen molar-refractivity contribution in [2.75, 3.05) is 36.8 Å². The van der Waals surface area contributed by atoms with E-state index in [-0.39, 0.29) is 0 Å². The van der Waals surface area contributed by atoms with Crippen LogP contribution in [-0.4, -0.2) is 31.9 Å². The third-order valence-electron chi connectivity index (χ3n) is 2.79. The lowest BCUT2D eigenvalue weighted by molar-refractivity contribution is 0.589. The summed E-state index contributed by atoms with van der Waals surface area (Å²) in [6.45, 7) is 4.38. The SMILES string of the molecule is SCC=Cc1ccc(N2CCNCC2)cc1. The van der Waals surface area contributed by atoms with E-state index in [1.54, 1.807) is 0 Å².